The lowest BCUT2D eigenvalue weighted by Gasteiger charge is -2.27. The van der Waals surface area contributed by atoms with Crippen molar-refractivity contribution in [2.45, 2.75) is 26.2 Å². The maximum Gasteiger partial charge on any atom is 0.228 e. The topological polar surface area (TPSA) is 75.4 Å². The van der Waals surface area contributed by atoms with E-state index in [1.54, 1.807) is 11.8 Å². The summed E-state index contributed by atoms with van der Waals surface area (Å²) in [5.74, 6) is -0.181. The van der Waals surface area contributed by atoms with Crippen LogP contribution in [0.1, 0.15) is 26.2 Å². The summed E-state index contributed by atoms with van der Waals surface area (Å²) < 4.78 is 0. The molecule has 0 saturated carbocycles. The number of nitrogens with two attached hydrogens (primary N) is 1. The molecule has 2 amide bonds. The van der Waals surface area contributed by atoms with E-state index < -0.39 is 0 Å². The van der Waals surface area contributed by atoms with E-state index in [2.05, 4.69) is 5.32 Å². The third-order valence-electron chi connectivity index (χ3n) is 3.55. The Balaban J connectivity index is 2.11. The highest BCUT2D eigenvalue weighted by Gasteiger charge is 2.20. The summed E-state index contributed by atoms with van der Waals surface area (Å²) >= 11 is 0. The van der Waals surface area contributed by atoms with Crippen LogP contribution in [0.5, 0.6) is 0 Å². The Bertz CT molecular complexity index is 502. The number of anilines is 2. The lowest BCUT2D eigenvalue weighted by Crippen LogP contribution is -2.35. The Morgan fingerprint density at radius 3 is 2.95 bits per heavy atom. The smallest absolute Gasteiger partial charge is 0.228 e. The van der Waals surface area contributed by atoms with Gasteiger partial charge in [-0.3, -0.25) is 9.59 Å². The molecule has 5 heteroatoms. The highest BCUT2D eigenvalue weighted by Crippen LogP contribution is 2.24. The van der Waals surface area contributed by atoms with Crippen molar-refractivity contribution in [2.24, 2.45) is 11.7 Å². The fourth-order valence-electron chi connectivity index (χ4n) is 2.20. The number of amides is 2. The molecule has 1 aromatic rings. The average molecular weight is 275 g/mol. The minimum atomic E-state index is -0.227. The molecule has 0 aromatic heterocycles. The third kappa shape index (κ3) is 3.36. The average Bonchev–Trinajstić information content (AvgIpc) is 2.47. The van der Waals surface area contributed by atoms with Crippen molar-refractivity contribution >= 4 is 23.2 Å². The van der Waals surface area contributed by atoms with E-state index in [0.29, 0.717) is 18.7 Å². The van der Waals surface area contributed by atoms with Crippen molar-refractivity contribution in [1.82, 2.24) is 0 Å². The number of piperidine rings is 1. The van der Waals surface area contributed by atoms with E-state index in [1.807, 2.05) is 24.3 Å². The van der Waals surface area contributed by atoms with Crippen LogP contribution in [0.2, 0.25) is 0 Å². The molecule has 0 bridgehead atoms. The number of hydrogen-bond donors (Lipinski definition) is 2. The summed E-state index contributed by atoms with van der Waals surface area (Å²) in [5.41, 5.74) is 7.02. The summed E-state index contributed by atoms with van der Waals surface area (Å²) in [4.78, 5) is 25.5. The summed E-state index contributed by atoms with van der Waals surface area (Å²) in [6.45, 7) is 2.85. The predicted molar refractivity (Wildman–Crippen MR) is 79.5 cm³/mol. The van der Waals surface area contributed by atoms with Gasteiger partial charge in [0.1, 0.15) is 0 Å². The second kappa shape index (κ2) is 6.52. The van der Waals surface area contributed by atoms with Gasteiger partial charge in [-0.1, -0.05) is 13.0 Å². The first kappa shape index (κ1) is 14.5. The van der Waals surface area contributed by atoms with Crippen LogP contribution in [-0.2, 0) is 9.59 Å². The Kier molecular flexibility index (Phi) is 4.74. The van der Waals surface area contributed by atoms with Gasteiger partial charge >= 0.3 is 0 Å². The molecular formula is C15H21N3O2. The van der Waals surface area contributed by atoms with Crippen molar-refractivity contribution in [3.63, 3.8) is 0 Å². The third-order valence-corrected chi connectivity index (χ3v) is 3.55. The number of nitrogens with one attached hydrogen (secondary N) is 1. The van der Waals surface area contributed by atoms with E-state index >= 15 is 0 Å². The first-order chi connectivity index (χ1) is 9.61. The largest absolute Gasteiger partial charge is 0.330 e. The van der Waals surface area contributed by atoms with E-state index in [-0.39, 0.29) is 17.7 Å². The van der Waals surface area contributed by atoms with Crippen molar-refractivity contribution in [3.05, 3.63) is 24.3 Å². The van der Waals surface area contributed by atoms with Crippen molar-refractivity contribution in [2.75, 3.05) is 23.3 Å². The highest BCUT2D eigenvalue weighted by molar-refractivity contribution is 5.96. The molecule has 2 rings (SSSR count). The van der Waals surface area contributed by atoms with Gasteiger partial charge in [0.15, 0.2) is 0 Å². The van der Waals surface area contributed by atoms with Gasteiger partial charge < -0.3 is 16.0 Å². The molecule has 0 aliphatic carbocycles. The molecule has 20 heavy (non-hydrogen) atoms. The Hall–Kier alpha value is -1.88. The molecule has 1 fully saturated rings. The summed E-state index contributed by atoms with van der Waals surface area (Å²) in [6, 6.07) is 7.40. The van der Waals surface area contributed by atoms with E-state index in [9.17, 15) is 9.59 Å². The Labute approximate surface area is 119 Å². The van der Waals surface area contributed by atoms with Crippen LogP contribution >= 0.6 is 0 Å². The van der Waals surface area contributed by atoms with Crippen LogP contribution in [0.4, 0.5) is 11.4 Å². The van der Waals surface area contributed by atoms with Gasteiger partial charge in [-0.05, 0) is 31.0 Å². The molecule has 1 aromatic carbocycles. The Morgan fingerprint density at radius 2 is 2.25 bits per heavy atom. The summed E-state index contributed by atoms with van der Waals surface area (Å²) in [5, 5.41) is 2.83. The molecule has 1 heterocycles. The van der Waals surface area contributed by atoms with Gasteiger partial charge in [0.25, 0.3) is 0 Å². The quantitative estimate of drug-likeness (QED) is 0.878. The summed E-state index contributed by atoms with van der Waals surface area (Å²) in [7, 11) is 0. The molecule has 3 N–H and O–H groups in total. The standard InChI is InChI=1S/C15H21N3O2/c1-11(10-16)15(20)17-12-5-4-6-13(9-12)18-8-3-2-7-14(18)19/h4-6,9,11H,2-3,7-8,10,16H2,1H3,(H,17,20). The highest BCUT2D eigenvalue weighted by atomic mass is 16.2. The van der Waals surface area contributed by atoms with Gasteiger partial charge in [0, 0.05) is 36.8 Å². The van der Waals surface area contributed by atoms with Gasteiger partial charge in [-0.15, -0.1) is 0 Å². The minimum Gasteiger partial charge on any atom is -0.330 e. The minimum absolute atomic E-state index is 0.102. The molecule has 1 saturated heterocycles. The number of benzene rings is 1. The van der Waals surface area contributed by atoms with Crippen LogP contribution in [0.15, 0.2) is 24.3 Å². The monoisotopic (exact) mass is 275 g/mol. The van der Waals surface area contributed by atoms with Gasteiger partial charge in [-0.2, -0.15) is 0 Å². The van der Waals surface area contributed by atoms with Crippen LogP contribution < -0.4 is 16.0 Å². The van der Waals surface area contributed by atoms with Crippen LogP contribution in [-0.4, -0.2) is 24.9 Å². The number of hydrogen-bond acceptors (Lipinski definition) is 3. The van der Waals surface area contributed by atoms with Crippen LogP contribution in [0.25, 0.3) is 0 Å². The van der Waals surface area contributed by atoms with Crippen LogP contribution in [0, 0.1) is 5.92 Å². The van der Waals surface area contributed by atoms with Gasteiger partial charge in [-0.25, -0.2) is 0 Å². The maximum atomic E-state index is 11.9. The van der Waals surface area contributed by atoms with Crippen molar-refractivity contribution in [3.8, 4) is 0 Å². The zero-order valence-corrected chi connectivity index (χ0v) is 11.8. The summed E-state index contributed by atoms with van der Waals surface area (Å²) in [6.07, 6.45) is 2.58. The van der Waals surface area contributed by atoms with E-state index in [1.165, 1.54) is 0 Å². The lowest BCUT2D eigenvalue weighted by atomic mass is 10.1. The predicted octanol–water partition coefficient (Wildman–Crippen LogP) is 1.74. The number of carbonyl (C=O) groups excluding carboxylic acids is 2. The molecule has 1 aliphatic rings. The zero-order valence-electron chi connectivity index (χ0n) is 11.8. The van der Waals surface area contributed by atoms with Crippen LogP contribution in [0.3, 0.4) is 0 Å². The fourth-order valence-corrected chi connectivity index (χ4v) is 2.20. The molecule has 1 aliphatic heterocycles. The van der Waals surface area contributed by atoms with Crippen molar-refractivity contribution < 1.29 is 9.59 Å². The first-order valence-corrected chi connectivity index (χ1v) is 7.03. The normalized spacial score (nSPS) is 16.9. The first-order valence-electron chi connectivity index (χ1n) is 7.03. The number of carbonyl (C=O) groups is 2. The SMILES string of the molecule is CC(CN)C(=O)Nc1cccc(N2CCCCC2=O)c1. The molecule has 0 radical (unpaired) electrons. The lowest BCUT2D eigenvalue weighted by molar-refractivity contribution is -0.120. The fraction of sp³-hybridized carbons (Fsp3) is 0.467. The molecule has 108 valence electrons. The zero-order chi connectivity index (χ0) is 14.5. The second-order valence-electron chi connectivity index (χ2n) is 5.18. The van der Waals surface area contributed by atoms with Gasteiger partial charge in [0.05, 0.1) is 0 Å². The van der Waals surface area contributed by atoms with Crippen molar-refractivity contribution in [1.29, 1.82) is 0 Å². The molecule has 0 spiro atoms. The molecule has 1 unspecified atom stereocenters. The van der Waals surface area contributed by atoms with Gasteiger partial charge in [0.2, 0.25) is 11.8 Å². The number of rotatable bonds is 4. The molecular weight excluding hydrogens is 254 g/mol. The number of nitrogens with zero attached hydrogens (tertiary/aromatic N) is 1. The maximum absolute atomic E-state index is 11.9. The molecule has 5 nitrogen and oxygen atoms in total. The van der Waals surface area contributed by atoms with E-state index in [0.717, 1.165) is 25.1 Å². The Morgan fingerprint density at radius 1 is 1.45 bits per heavy atom. The molecule has 1 atom stereocenters. The van der Waals surface area contributed by atoms with E-state index in [4.69, 9.17) is 5.73 Å². The second-order valence-corrected chi connectivity index (χ2v) is 5.18.